The molecule has 0 saturated heterocycles. The van der Waals surface area contributed by atoms with E-state index in [2.05, 4.69) is 78.5 Å². The SMILES string of the molecule is C=C(C)[C@@H]1CC[C@]2(C(=O)NCCN(C)C)CC[C@]3(C)[C@H](CC[C@@H]4[C@@]5(C)CC=C(c6ccc(C(O)C(=O)c7ccccc7)c(F)c6)C(C)(C)[C@@H]5CC[C@]43C)[C@@H]12. The standard InChI is InChI=1S/C48H65FN2O3/c1-30(2)33-19-24-48(43(54)50-27-28-51(8)9)26-25-46(6)36(40(33)48)17-18-39-45(5)22-20-35(44(3,4)38(45)21-23-47(39,46)7)32-15-16-34(37(49)29-32)42(53)41(52)31-13-11-10-12-14-31/h10-16,20,29,33,36,38-40,42,53H,1,17-19,21-28H2,2-9H3,(H,50,54)/t33-,36+,38-,39+,40+,42?,45-,46+,47+,48-/m0/s1. The van der Waals surface area contributed by atoms with Gasteiger partial charge in [-0.05, 0) is 147 Å². The minimum Gasteiger partial charge on any atom is -0.380 e. The Morgan fingerprint density at radius 1 is 0.926 bits per heavy atom. The number of likely N-dealkylation sites (N-methyl/N-ethyl adjacent to an activating group) is 1. The van der Waals surface area contributed by atoms with Gasteiger partial charge in [0.25, 0.3) is 0 Å². The Labute approximate surface area is 324 Å². The van der Waals surface area contributed by atoms with Gasteiger partial charge in [-0.25, -0.2) is 4.39 Å². The van der Waals surface area contributed by atoms with Crippen LogP contribution in [0, 0.1) is 62.5 Å². The number of aliphatic hydroxyl groups is 1. The van der Waals surface area contributed by atoms with Gasteiger partial charge in [-0.2, -0.15) is 0 Å². The van der Waals surface area contributed by atoms with Gasteiger partial charge >= 0.3 is 0 Å². The Kier molecular flexibility index (Phi) is 10.0. The first-order valence-corrected chi connectivity index (χ1v) is 20.8. The van der Waals surface area contributed by atoms with Crippen molar-refractivity contribution in [2.45, 2.75) is 105 Å². The molecule has 0 aromatic heterocycles. The molecular weight excluding hydrogens is 672 g/mol. The second-order valence-electron chi connectivity index (χ2n) is 19.8. The molecule has 2 aromatic carbocycles. The zero-order chi connectivity index (χ0) is 39.0. The molecule has 2 N–H and O–H groups in total. The third-order valence-corrected chi connectivity index (χ3v) is 16.9. The summed E-state index contributed by atoms with van der Waals surface area (Å²) in [6.45, 7) is 20.8. The van der Waals surface area contributed by atoms with Crippen LogP contribution < -0.4 is 5.32 Å². The monoisotopic (exact) mass is 736 g/mol. The van der Waals surface area contributed by atoms with E-state index in [-0.39, 0.29) is 38.5 Å². The summed E-state index contributed by atoms with van der Waals surface area (Å²) in [5.41, 5.74) is 3.51. The number of carbonyl (C=O) groups is 2. The van der Waals surface area contributed by atoms with Crippen LogP contribution in [0.3, 0.4) is 0 Å². The summed E-state index contributed by atoms with van der Waals surface area (Å²) in [6.07, 6.45) is 10.5. The number of nitrogens with zero attached hydrogens (tertiary/aromatic N) is 1. The van der Waals surface area contributed by atoms with Crippen LogP contribution in [-0.4, -0.2) is 48.9 Å². The maximum Gasteiger partial charge on any atom is 0.226 e. The lowest BCUT2D eigenvalue weighted by Crippen LogP contribution is -2.66. The lowest BCUT2D eigenvalue weighted by molar-refractivity contribution is -0.225. The van der Waals surface area contributed by atoms with E-state index in [1.807, 2.05) is 12.1 Å². The summed E-state index contributed by atoms with van der Waals surface area (Å²) in [4.78, 5) is 29.4. The van der Waals surface area contributed by atoms with Crippen molar-refractivity contribution in [3.05, 3.63) is 89.3 Å². The number of Topliss-reactive ketones (excluding diaryl/α,β-unsaturated/α-hetero) is 1. The summed E-state index contributed by atoms with van der Waals surface area (Å²) in [5.74, 6) is 1.44. The summed E-state index contributed by atoms with van der Waals surface area (Å²) in [5, 5.41) is 14.3. The van der Waals surface area contributed by atoms with Gasteiger partial charge in [0.1, 0.15) is 11.9 Å². The summed E-state index contributed by atoms with van der Waals surface area (Å²) < 4.78 is 15.8. The minimum absolute atomic E-state index is 0.0174. The molecule has 0 bridgehead atoms. The van der Waals surface area contributed by atoms with Gasteiger partial charge in [-0.3, -0.25) is 9.59 Å². The van der Waals surface area contributed by atoms with Crippen molar-refractivity contribution >= 4 is 17.3 Å². The Morgan fingerprint density at radius 2 is 1.65 bits per heavy atom. The van der Waals surface area contributed by atoms with E-state index in [9.17, 15) is 14.7 Å². The lowest BCUT2D eigenvalue weighted by Gasteiger charge is -2.72. The summed E-state index contributed by atoms with van der Waals surface area (Å²) in [6, 6.07) is 13.6. The highest BCUT2D eigenvalue weighted by Crippen LogP contribution is 2.77. The van der Waals surface area contributed by atoms with Crippen molar-refractivity contribution in [2.75, 3.05) is 27.2 Å². The van der Waals surface area contributed by atoms with E-state index >= 15 is 4.39 Å². The number of hydrogen-bond acceptors (Lipinski definition) is 4. The predicted molar refractivity (Wildman–Crippen MR) is 216 cm³/mol. The molecule has 0 radical (unpaired) electrons. The highest BCUT2D eigenvalue weighted by Gasteiger charge is 2.71. The molecule has 5 nitrogen and oxygen atoms in total. The van der Waals surface area contributed by atoms with E-state index in [4.69, 9.17) is 0 Å². The van der Waals surface area contributed by atoms with Gasteiger partial charge in [0, 0.05) is 24.2 Å². The van der Waals surface area contributed by atoms with Crippen LogP contribution >= 0.6 is 0 Å². The highest BCUT2D eigenvalue weighted by molar-refractivity contribution is 5.99. The van der Waals surface area contributed by atoms with E-state index in [0.29, 0.717) is 41.7 Å². The number of fused-ring (bicyclic) bond motifs is 7. The highest BCUT2D eigenvalue weighted by atomic mass is 19.1. The fourth-order valence-electron chi connectivity index (χ4n) is 14.0. The molecule has 0 aliphatic heterocycles. The van der Waals surface area contributed by atoms with Crippen LogP contribution in [0.1, 0.15) is 127 Å². The molecule has 5 aliphatic rings. The molecule has 5 aliphatic carbocycles. The second kappa shape index (κ2) is 13.8. The average molecular weight is 737 g/mol. The van der Waals surface area contributed by atoms with Crippen LogP contribution in [0.4, 0.5) is 4.39 Å². The van der Waals surface area contributed by atoms with Crippen LogP contribution in [0.5, 0.6) is 0 Å². The Bertz CT molecular complexity index is 1830. The predicted octanol–water partition coefficient (Wildman–Crippen LogP) is 10.1. The van der Waals surface area contributed by atoms with Gasteiger partial charge in [0.2, 0.25) is 5.91 Å². The number of ketones is 1. The topological polar surface area (TPSA) is 69.6 Å². The fourth-order valence-corrected chi connectivity index (χ4v) is 14.0. The van der Waals surface area contributed by atoms with Gasteiger partial charge in [-0.1, -0.05) is 95.3 Å². The normalized spacial score (nSPS) is 37.2. The summed E-state index contributed by atoms with van der Waals surface area (Å²) in [7, 11) is 4.12. The van der Waals surface area contributed by atoms with Crippen LogP contribution in [0.25, 0.3) is 5.57 Å². The first kappa shape index (κ1) is 39.2. The molecule has 2 aromatic rings. The molecule has 1 amide bonds. The van der Waals surface area contributed by atoms with Gasteiger partial charge in [0.05, 0.1) is 5.41 Å². The smallest absolute Gasteiger partial charge is 0.226 e. The van der Waals surface area contributed by atoms with Crippen molar-refractivity contribution in [2.24, 2.45) is 56.7 Å². The molecule has 54 heavy (non-hydrogen) atoms. The van der Waals surface area contributed by atoms with Crippen molar-refractivity contribution < 1.29 is 19.1 Å². The fraction of sp³-hybridized carbons (Fsp3) is 0.625. The number of allylic oxidation sites excluding steroid dienone is 3. The van der Waals surface area contributed by atoms with Crippen LogP contribution in [0.2, 0.25) is 0 Å². The van der Waals surface area contributed by atoms with Crippen molar-refractivity contribution in [1.29, 1.82) is 0 Å². The second-order valence-corrected chi connectivity index (χ2v) is 19.8. The van der Waals surface area contributed by atoms with Crippen molar-refractivity contribution in [3.8, 4) is 0 Å². The van der Waals surface area contributed by atoms with Crippen molar-refractivity contribution in [1.82, 2.24) is 10.2 Å². The number of rotatable bonds is 9. The molecule has 6 heteroatoms. The van der Waals surface area contributed by atoms with E-state index in [1.54, 1.807) is 30.3 Å². The first-order valence-electron chi connectivity index (χ1n) is 20.8. The Balaban J connectivity index is 1.17. The van der Waals surface area contributed by atoms with Gasteiger partial charge < -0.3 is 15.3 Å². The lowest BCUT2D eigenvalue weighted by atomic mass is 9.32. The molecule has 1 unspecified atom stereocenters. The molecule has 4 fully saturated rings. The number of nitrogens with one attached hydrogen (secondary N) is 1. The minimum atomic E-state index is -1.55. The zero-order valence-corrected chi connectivity index (χ0v) is 34.2. The Morgan fingerprint density at radius 3 is 2.31 bits per heavy atom. The number of halogens is 1. The van der Waals surface area contributed by atoms with Crippen LogP contribution in [-0.2, 0) is 4.79 Å². The average Bonchev–Trinajstić information content (AvgIpc) is 3.53. The number of benzene rings is 2. The maximum absolute atomic E-state index is 15.8. The maximum atomic E-state index is 15.8. The van der Waals surface area contributed by atoms with E-state index < -0.39 is 17.7 Å². The number of amides is 1. The number of aliphatic hydroxyl groups excluding tert-OH is 1. The molecule has 0 spiro atoms. The Hall–Kier alpha value is -3.09. The summed E-state index contributed by atoms with van der Waals surface area (Å²) >= 11 is 0. The zero-order valence-electron chi connectivity index (χ0n) is 34.2. The molecule has 292 valence electrons. The molecule has 10 atom stereocenters. The third kappa shape index (κ3) is 5.82. The third-order valence-electron chi connectivity index (χ3n) is 16.9. The molecular formula is C48H65FN2O3. The van der Waals surface area contributed by atoms with Gasteiger partial charge in [0.15, 0.2) is 5.78 Å². The molecule has 0 heterocycles. The first-order chi connectivity index (χ1) is 25.4. The van der Waals surface area contributed by atoms with Crippen molar-refractivity contribution in [3.63, 3.8) is 0 Å². The quantitative estimate of drug-likeness (QED) is 0.199. The molecule has 4 saturated carbocycles. The molecule has 7 rings (SSSR count). The van der Waals surface area contributed by atoms with Crippen LogP contribution in [0.15, 0.2) is 66.8 Å². The van der Waals surface area contributed by atoms with E-state index in [0.717, 1.165) is 63.5 Å². The van der Waals surface area contributed by atoms with E-state index in [1.165, 1.54) is 23.6 Å². The van der Waals surface area contributed by atoms with Gasteiger partial charge in [-0.15, -0.1) is 0 Å². The largest absolute Gasteiger partial charge is 0.380 e. The number of carbonyl (C=O) groups excluding carboxylic acids is 2. The number of hydrogen-bond donors (Lipinski definition) is 2.